The van der Waals surface area contributed by atoms with Gasteiger partial charge in [0, 0.05) is 26.5 Å². The summed E-state index contributed by atoms with van der Waals surface area (Å²) in [6.45, 7) is 3.89. The third kappa shape index (κ3) is 7.26. The molecule has 6 nitrogen and oxygen atoms in total. The maximum Gasteiger partial charge on any atom is 0.341 e. The van der Waals surface area contributed by atoms with Crippen molar-refractivity contribution < 1.29 is 19.1 Å². The first-order valence-corrected chi connectivity index (χ1v) is 15.0. The van der Waals surface area contributed by atoms with Crippen LogP contribution in [0.4, 0.5) is 10.7 Å². The van der Waals surface area contributed by atoms with Gasteiger partial charge in [-0.2, -0.15) is 0 Å². The smallest absolute Gasteiger partial charge is 0.341 e. The molecule has 2 amide bonds. The second-order valence-electron chi connectivity index (χ2n) is 8.55. The third-order valence-electron chi connectivity index (χ3n) is 5.80. The highest BCUT2D eigenvalue weighted by atomic mass is 35.5. The molecule has 10 heteroatoms. The van der Waals surface area contributed by atoms with Crippen LogP contribution in [0.1, 0.15) is 41.0 Å². The molecule has 206 valence electrons. The topological polar surface area (TPSA) is 84.5 Å². The van der Waals surface area contributed by atoms with Crippen LogP contribution in [0.25, 0.3) is 11.1 Å². The summed E-state index contributed by atoms with van der Waals surface area (Å²) in [7, 11) is 0. The number of esters is 1. The molecule has 0 saturated heterocycles. The summed E-state index contributed by atoms with van der Waals surface area (Å²) in [5.74, 6) is -1.09. The molecular weight excluding hydrogens is 587 g/mol. The fraction of sp³-hybridized carbons (Fsp3) is 0.167. The molecule has 1 heterocycles. The minimum atomic E-state index is -0.483. The van der Waals surface area contributed by atoms with Gasteiger partial charge in [0.15, 0.2) is 0 Å². The van der Waals surface area contributed by atoms with Crippen molar-refractivity contribution in [3.05, 3.63) is 99.3 Å². The summed E-state index contributed by atoms with van der Waals surface area (Å²) in [5, 5.41) is 8.34. The predicted molar refractivity (Wildman–Crippen MR) is 165 cm³/mol. The molecule has 0 fully saturated rings. The van der Waals surface area contributed by atoms with Crippen LogP contribution in [0.5, 0.6) is 0 Å². The van der Waals surface area contributed by atoms with E-state index in [1.165, 1.54) is 29.2 Å². The second-order valence-corrected chi connectivity index (χ2v) is 11.5. The maximum atomic E-state index is 13.4. The number of benzene rings is 3. The number of carbonyl (C=O) groups excluding carboxylic acids is 3. The minimum absolute atomic E-state index is 0.223. The Kier molecular flexibility index (Phi) is 10.3. The van der Waals surface area contributed by atoms with Crippen LogP contribution >= 0.6 is 46.3 Å². The summed E-state index contributed by atoms with van der Waals surface area (Å²) < 4.78 is 5.30. The Labute approximate surface area is 251 Å². The molecular formula is C30H26Cl2N2O4S2. The van der Waals surface area contributed by atoms with E-state index in [0.29, 0.717) is 38.8 Å². The number of thioether (sulfide) groups is 1. The van der Waals surface area contributed by atoms with Crippen molar-refractivity contribution in [2.45, 2.75) is 30.4 Å². The zero-order valence-corrected chi connectivity index (χ0v) is 24.8. The number of rotatable bonds is 10. The van der Waals surface area contributed by atoms with Crippen molar-refractivity contribution in [1.82, 2.24) is 0 Å². The SMILES string of the molecule is CCOC(=O)c1c(-c2ccccc2)csc1NC(=O)C(CC)Sc1cccc(NC(=O)c2ccc(Cl)cc2Cl)c1. The summed E-state index contributed by atoms with van der Waals surface area (Å²) >= 11 is 14.8. The van der Waals surface area contributed by atoms with Gasteiger partial charge in [0.1, 0.15) is 10.6 Å². The molecule has 1 unspecified atom stereocenters. The van der Waals surface area contributed by atoms with E-state index in [-0.39, 0.29) is 23.4 Å². The van der Waals surface area contributed by atoms with Gasteiger partial charge in [-0.1, -0.05) is 66.5 Å². The Balaban J connectivity index is 1.50. The highest BCUT2D eigenvalue weighted by Crippen LogP contribution is 2.37. The molecule has 4 rings (SSSR count). The van der Waals surface area contributed by atoms with E-state index in [0.717, 1.165) is 10.5 Å². The average molecular weight is 614 g/mol. The van der Waals surface area contributed by atoms with Crippen molar-refractivity contribution in [3.8, 4) is 11.1 Å². The lowest BCUT2D eigenvalue weighted by Gasteiger charge is -2.16. The first-order valence-electron chi connectivity index (χ1n) is 12.5. The molecule has 4 aromatic rings. The van der Waals surface area contributed by atoms with Crippen LogP contribution in [0.3, 0.4) is 0 Å². The Bertz CT molecular complexity index is 1530. The number of amides is 2. The van der Waals surface area contributed by atoms with Crippen molar-refractivity contribution in [3.63, 3.8) is 0 Å². The average Bonchev–Trinajstić information content (AvgIpc) is 3.36. The molecule has 0 bridgehead atoms. The van der Waals surface area contributed by atoms with Crippen molar-refractivity contribution in [1.29, 1.82) is 0 Å². The first-order chi connectivity index (χ1) is 19.3. The lowest BCUT2D eigenvalue weighted by molar-refractivity contribution is -0.115. The predicted octanol–water partition coefficient (Wildman–Crippen LogP) is 8.66. The zero-order chi connectivity index (χ0) is 28.6. The Morgan fingerprint density at radius 2 is 1.73 bits per heavy atom. The molecule has 0 aliphatic heterocycles. The zero-order valence-electron chi connectivity index (χ0n) is 21.7. The van der Waals surface area contributed by atoms with E-state index in [9.17, 15) is 14.4 Å². The van der Waals surface area contributed by atoms with Gasteiger partial charge in [-0.3, -0.25) is 9.59 Å². The molecule has 1 atom stereocenters. The number of nitrogens with one attached hydrogen (secondary N) is 2. The van der Waals surface area contributed by atoms with Crippen LogP contribution in [0.15, 0.2) is 83.1 Å². The van der Waals surface area contributed by atoms with Crippen molar-refractivity contribution in [2.75, 3.05) is 17.2 Å². The molecule has 0 aliphatic carbocycles. The molecule has 0 aliphatic rings. The fourth-order valence-corrected chi connectivity index (χ4v) is 6.35. The van der Waals surface area contributed by atoms with Crippen LogP contribution in [-0.4, -0.2) is 29.6 Å². The molecule has 0 radical (unpaired) electrons. The standard InChI is InChI=1S/C30H26Cl2N2O4S2/c1-3-25(40-21-12-8-11-20(16-21)33-27(35)22-14-13-19(31)15-24(22)32)28(36)34-29-26(30(37)38-4-2)23(17-39-29)18-9-6-5-7-10-18/h5-17,25H,3-4H2,1-2H3,(H,33,35)(H,34,36). The van der Waals surface area contributed by atoms with Gasteiger partial charge in [-0.25, -0.2) is 4.79 Å². The largest absolute Gasteiger partial charge is 0.462 e. The van der Waals surface area contributed by atoms with Crippen LogP contribution in [0, 0.1) is 0 Å². The summed E-state index contributed by atoms with van der Waals surface area (Å²) in [4.78, 5) is 39.8. The summed E-state index contributed by atoms with van der Waals surface area (Å²) in [5.41, 5.74) is 2.79. The quantitative estimate of drug-likeness (QED) is 0.138. The van der Waals surface area contributed by atoms with E-state index >= 15 is 0 Å². The van der Waals surface area contributed by atoms with E-state index in [1.807, 2.05) is 48.7 Å². The van der Waals surface area contributed by atoms with E-state index in [4.69, 9.17) is 27.9 Å². The Morgan fingerprint density at radius 3 is 2.42 bits per heavy atom. The van der Waals surface area contributed by atoms with Crippen molar-refractivity contribution >= 4 is 74.8 Å². The third-order valence-corrected chi connectivity index (χ3v) is 8.60. The Morgan fingerprint density at radius 1 is 0.950 bits per heavy atom. The molecule has 40 heavy (non-hydrogen) atoms. The number of hydrogen-bond acceptors (Lipinski definition) is 6. The molecule has 0 spiro atoms. The van der Waals surface area contributed by atoms with Crippen LogP contribution < -0.4 is 10.6 Å². The van der Waals surface area contributed by atoms with Crippen LogP contribution in [-0.2, 0) is 9.53 Å². The lowest BCUT2D eigenvalue weighted by atomic mass is 10.0. The van der Waals surface area contributed by atoms with Crippen LogP contribution in [0.2, 0.25) is 10.0 Å². The van der Waals surface area contributed by atoms with E-state index in [2.05, 4.69) is 10.6 Å². The van der Waals surface area contributed by atoms with Gasteiger partial charge in [-0.15, -0.1) is 23.1 Å². The highest BCUT2D eigenvalue weighted by Gasteiger charge is 2.25. The number of ether oxygens (including phenoxy) is 1. The number of halogens is 2. The van der Waals surface area contributed by atoms with Gasteiger partial charge in [-0.05, 0) is 55.3 Å². The summed E-state index contributed by atoms with van der Waals surface area (Å²) in [6.07, 6.45) is 0.541. The van der Waals surface area contributed by atoms with E-state index < -0.39 is 11.2 Å². The van der Waals surface area contributed by atoms with Gasteiger partial charge < -0.3 is 15.4 Å². The molecule has 2 N–H and O–H groups in total. The number of thiophene rings is 1. The molecule has 1 aromatic heterocycles. The summed E-state index contributed by atoms with van der Waals surface area (Å²) in [6, 6.07) is 21.4. The van der Waals surface area contributed by atoms with E-state index in [1.54, 1.807) is 37.3 Å². The maximum absolute atomic E-state index is 13.4. The second kappa shape index (κ2) is 13.9. The van der Waals surface area contributed by atoms with Gasteiger partial charge in [0.05, 0.1) is 22.4 Å². The molecule has 3 aromatic carbocycles. The monoisotopic (exact) mass is 612 g/mol. The normalized spacial score (nSPS) is 11.5. The van der Waals surface area contributed by atoms with Gasteiger partial charge >= 0.3 is 5.97 Å². The van der Waals surface area contributed by atoms with Gasteiger partial charge in [0.25, 0.3) is 5.91 Å². The van der Waals surface area contributed by atoms with Gasteiger partial charge in [0.2, 0.25) is 5.91 Å². The molecule has 0 saturated carbocycles. The minimum Gasteiger partial charge on any atom is -0.462 e. The first kappa shape index (κ1) is 29.7. The number of carbonyl (C=O) groups is 3. The fourth-order valence-electron chi connectivity index (χ4n) is 3.88. The van der Waals surface area contributed by atoms with Crippen molar-refractivity contribution in [2.24, 2.45) is 0 Å². The lowest BCUT2D eigenvalue weighted by Crippen LogP contribution is -2.25. The Hall–Kier alpha value is -3.30. The number of hydrogen-bond donors (Lipinski definition) is 2. The highest BCUT2D eigenvalue weighted by molar-refractivity contribution is 8.00. The number of anilines is 2.